The molecule has 2 amide bonds. The van der Waals surface area contributed by atoms with Crippen LogP contribution in [0.4, 0.5) is 16.3 Å². The second-order valence-electron chi connectivity index (χ2n) is 7.82. The van der Waals surface area contributed by atoms with Crippen LogP contribution in [0.15, 0.2) is 60.8 Å². The first kappa shape index (κ1) is 20.5. The Bertz CT molecular complexity index is 1270. The Morgan fingerprint density at radius 2 is 1.88 bits per heavy atom. The van der Waals surface area contributed by atoms with Crippen LogP contribution in [0.2, 0.25) is 5.02 Å². The van der Waals surface area contributed by atoms with Gasteiger partial charge in [0, 0.05) is 43.1 Å². The number of ether oxygens (including phenoxy) is 1. The minimum absolute atomic E-state index is 0.0943. The molecule has 0 bridgehead atoms. The van der Waals surface area contributed by atoms with Gasteiger partial charge in [0.1, 0.15) is 5.75 Å². The van der Waals surface area contributed by atoms with Crippen LogP contribution in [-0.4, -0.2) is 53.6 Å². The number of benzene rings is 2. The van der Waals surface area contributed by atoms with Crippen molar-refractivity contribution < 1.29 is 9.53 Å². The lowest BCUT2D eigenvalue weighted by atomic mass is 10.2. The topological polar surface area (TPSA) is 62.1 Å². The van der Waals surface area contributed by atoms with Crippen molar-refractivity contribution in [3.63, 3.8) is 0 Å². The number of methoxy groups -OCH3 is 1. The summed E-state index contributed by atoms with van der Waals surface area (Å²) in [5.41, 5.74) is 3.68. The molecule has 7 nitrogen and oxygen atoms in total. The molecule has 1 fully saturated rings. The normalized spacial score (nSPS) is 14.6. The first-order chi connectivity index (χ1) is 15.6. The van der Waals surface area contributed by atoms with E-state index in [4.69, 9.17) is 21.3 Å². The maximum atomic E-state index is 12.8. The highest BCUT2D eigenvalue weighted by Gasteiger charge is 2.22. The molecule has 8 heteroatoms. The molecule has 1 aliphatic heterocycles. The molecule has 0 radical (unpaired) electrons. The highest BCUT2D eigenvalue weighted by molar-refractivity contribution is 6.31. The van der Waals surface area contributed by atoms with Gasteiger partial charge in [-0.3, -0.25) is 0 Å². The summed E-state index contributed by atoms with van der Waals surface area (Å²) in [5, 5.41) is 3.65. The van der Waals surface area contributed by atoms with Crippen molar-refractivity contribution in [1.29, 1.82) is 0 Å². The Balaban J connectivity index is 1.35. The molecule has 4 aromatic rings. The van der Waals surface area contributed by atoms with Crippen molar-refractivity contribution in [2.45, 2.75) is 6.42 Å². The molecule has 2 aromatic heterocycles. The maximum absolute atomic E-state index is 12.8. The van der Waals surface area contributed by atoms with E-state index in [0.717, 1.165) is 46.8 Å². The number of carbonyl (C=O) groups is 1. The molecule has 1 aliphatic rings. The lowest BCUT2D eigenvalue weighted by Crippen LogP contribution is -2.38. The smallest absolute Gasteiger partial charge is 0.321 e. The summed E-state index contributed by atoms with van der Waals surface area (Å²) in [6.45, 7) is 2.83. The van der Waals surface area contributed by atoms with Gasteiger partial charge in [0.2, 0.25) is 0 Å². The van der Waals surface area contributed by atoms with Gasteiger partial charge in [-0.05, 0) is 61.0 Å². The molecule has 164 valence electrons. The lowest BCUT2D eigenvalue weighted by Gasteiger charge is -2.24. The Morgan fingerprint density at radius 1 is 1.03 bits per heavy atom. The van der Waals surface area contributed by atoms with Crippen LogP contribution in [0.5, 0.6) is 5.75 Å². The second kappa shape index (κ2) is 8.59. The van der Waals surface area contributed by atoms with Crippen molar-refractivity contribution >= 4 is 45.7 Å². The number of hydrogen-bond donors (Lipinski definition) is 1. The van der Waals surface area contributed by atoms with Gasteiger partial charge >= 0.3 is 6.03 Å². The fourth-order valence-corrected chi connectivity index (χ4v) is 4.34. The van der Waals surface area contributed by atoms with E-state index in [1.807, 2.05) is 59.6 Å². The number of hydrogen-bond acceptors (Lipinski definition) is 4. The largest absolute Gasteiger partial charge is 0.497 e. The van der Waals surface area contributed by atoms with E-state index < -0.39 is 0 Å². The average Bonchev–Trinajstić information content (AvgIpc) is 3.16. The van der Waals surface area contributed by atoms with Gasteiger partial charge in [0.25, 0.3) is 0 Å². The van der Waals surface area contributed by atoms with Crippen molar-refractivity contribution in [2.75, 3.05) is 43.5 Å². The number of nitrogens with one attached hydrogen (secondary N) is 1. The van der Waals surface area contributed by atoms with Gasteiger partial charge in [-0.2, -0.15) is 0 Å². The summed E-state index contributed by atoms with van der Waals surface area (Å²) < 4.78 is 7.32. The van der Waals surface area contributed by atoms with E-state index in [1.54, 1.807) is 7.11 Å². The molecule has 3 heterocycles. The third-order valence-electron chi connectivity index (χ3n) is 5.83. The highest BCUT2D eigenvalue weighted by Crippen LogP contribution is 2.28. The molecular formula is C24H24ClN5O2. The standard InChI is InChI=1S/C24H24ClN5O2/c1-32-19-8-6-18(7-9-19)26-24(31)29-12-3-11-28(14-15-29)23-22-4-2-13-30(22)21-10-5-17(25)16-20(21)27-23/h2,4-10,13,16H,3,11-12,14-15H2,1H3,(H,26,31). The average molecular weight is 450 g/mol. The van der Waals surface area contributed by atoms with Crippen molar-refractivity contribution in [1.82, 2.24) is 14.3 Å². The Morgan fingerprint density at radius 3 is 2.69 bits per heavy atom. The van der Waals surface area contributed by atoms with E-state index in [9.17, 15) is 4.79 Å². The first-order valence-electron chi connectivity index (χ1n) is 10.6. The lowest BCUT2D eigenvalue weighted by molar-refractivity contribution is 0.215. The van der Waals surface area contributed by atoms with E-state index in [2.05, 4.69) is 20.7 Å². The van der Waals surface area contributed by atoms with E-state index in [-0.39, 0.29) is 6.03 Å². The summed E-state index contributed by atoms with van der Waals surface area (Å²) in [6.07, 6.45) is 2.90. The van der Waals surface area contributed by atoms with E-state index >= 15 is 0 Å². The third kappa shape index (κ3) is 3.91. The predicted octanol–water partition coefficient (Wildman–Crippen LogP) is 4.89. The zero-order valence-electron chi connectivity index (χ0n) is 17.8. The maximum Gasteiger partial charge on any atom is 0.321 e. The summed E-state index contributed by atoms with van der Waals surface area (Å²) in [6, 6.07) is 17.1. The van der Waals surface area contributed by atoms with Crippen LogP contribution in [0.1, 0.15) is 6.42 Å². The van der Waals surface area contributed by atoms with Crippen molar-refractivity contribution in [3.8, 4) is 5.75 Å². The number of fused-ring (bicyclic) bond motifs is 3. The van der Waals surface area contributed by atoms with Crippen molar-refractivity contribution in [2.24, 2.45) is 0 Å². The summed E-state index contributed by atoms with van der Waals surface area (Å²) >= 11 is 6.22. The van der Waals surface area contributed by atoms with Crippen molar-refractivity contribution in [3.05, 3.63) is 65.8 Å². The van der Waals surface area contributed by atoms with Crippen LogP contribution in [0.3, 0.4) is 0 Å². The second-order valence-corrected chi connectivity index (χ2v) is 8.25. The summed E-state index contributed by atoms with van der Waals surface area (Å²) in [7, 11) is 1.62. The quantitative estimate of drug-likeness (QED) is 0.483. The number of aromatic nitrogens is 2. The summed E-state index contributed by atoms with van der Waals surface area (Å²) in [4.78, 5) is 21.9. The molecule has 5 rings (SSSR count). The highest BCUT2D eigenvalue weighted by atomic mass is 35.5. The van der Waals surface area contributed by atoms with Crippen LogP contribution < -0.4 is 15.0 Å². The number of nitrogens with zero attached hydrogens (tertiary/aromatic N) is 4. The first-order valence-corrected chi connectivity index (χ1v) is 11.0. The molecule has 32 heavy (non-hydrogen) atoms. The SMILES string of the molecule is COc1ccc(NC(=O)N2CCCN(c3nc4cc(Cl)ccc4n4cccc34)CC2)cc1. The fourth-order valence-electron chi connectivity index (χ4n) is 4.18. The van der Waals surface area contributed by atoms with Crippen LogP contribution >= 0.6 is 11.6 Å². The molecular weight excluding hydrogens is 426 g/mol. The van der Waals surface area contributed by atoms with Crippen LogP contribution in [0, 0.1) is 0 Å². The minimum atomic E-state index is -0.0943. The monoisotopic (exact) mass is 449 g/mol. The molecule has 2 aromatic carbocycles. The Kier molecular flexibility index (Phi) is 5.49. The molecule has 0 unspecified atom stereocenters. The molecule has 0 atom stereocenters. The minimum Gasteiger partial charge on any atom is -0.497 e. The number of rotatable bonds is 3. The van der Waals surface area contributed by atoms with E-state index in [1.165, 1.54) is 0 Å². The molecule has 1 saturated heterocycles. The van der Waals surface area contributed by atoms with Gasteiger partial charge in [0.05, 0.1) is 23.7 Å². The van der Waals surface area contributed by atoms with Gasteiger partial charge in [-0.1, -0.05) is 11.6 Å². The molecule has 0 saturated carbocycles. The van der Waals surface area contributed by atoms with Gasteiger partial charge < -0.3 is 24.3 Å². The molecule has 1 N–H and O–H groups in total. The number of anilines is 2. The number of halogens is 1. The number of carbonyl (C=O) groups excluding carboxylic acids is 1. The van der Waals surface area contributed by atoms with Gasteiger partial charge in [-0.25, -0.2) is 9.78 Å². The third-order valence-corrected chi connectivity index (χ3v) is 6.06. The van der Waals surface area contributed by atoms with Gasteiger partial charge in [-0.15, -0.1) is 0 Å². The van der Waals surface area contributed by atoms with E-state index in [0.29, 0.717) is 24.7 Å². The fraction of sp³-hybridized carbons (Fsp3) is 0.250. The Labute approximate surface area is 191 Å². The zero-order valence-corrected chi connectivity index (χ0v) is 18.5. The predicted molar refractivity (Wildman–Crippen MR) is 128 cm³/mol. The number of urea groups is 1. The number of amides is 2. The summed E-state index contributed by atoms with van der Waals surface area (Å²) in [5.74, 6) is 1.68. The zero-order chi connectivity index (χ0) is 22.1. The molecule has 0 aliphatic carbocycles. The molecule has 0 spiro atoms. The van der Waals surface area contributed by atoms with Crippen LogP contribution in [-0.2, 0) is 0 Å². The van der Waals surface area contributed by atoms with Crippen LogP contribution in [0.25, 0.3) is 16.6 Å². The van der Waals surface area contributed by atoms with Gasteiger partial charge in [0.15, 0.2) is 5.82 Å². The Hall–Kier alpha value is -3.45.